The average molecular weight is 409 g/mol. The minimum Gasteiger partial charge on any atom is -0.459 e. The Morgan fingerprint density at radius 1 is 0.966 bits per heavy atom. The van der Waals surface area contributed by atoms with E-state index in [-0.39, 0.29) is 17.2 Å². The van der Waals surface area contributed by atoms with Crippen molar-refractivity contribution in [1.29, 1.82) is 0 Å². The van der Waals surface area contributed by atoms with Gasteiger partial charge < -0.3 is 15.1 Å². The number of carbonyl (C=O) groups is 3. The number of anilines is 1. The van der Waals surface area contributed by atoms with Gasteiger partial charge in [-0.25, -0.2) is 0 Å². The SMILES string of the molecule is CC(=O)c1ccc(NC(=O)C(=Cc2ccccc2Cl)NC(=O)c2ccco2)cc1. The number of halogens is 1. The Morgan fingerprint density at radius 3 is 2.31 bits per heavy atom. The number of furan rings is 1. The zero-order chi connectivity index (χ0) is 20.8. The standard InChI is InChI=1S/C22H17ClN2O4/c1-14(26)15-8-10-17(11-9-15)24-21(27)19(13-16-5-2-3-6-18(16)23)25-22(28)20-7-4-12-29-20/h2-13H,1H3,(H,24,27)(H,25,28). The molecule has 146 valence electrons. The van der Waals surface area contributed by atoms with E-state index < -0.39 is 11.8 Å². The van der Waals surface area contributed by atoms with E-state index in [1.54, 1.807) is 54.6 Å². The minimum absolute atomic E-state index is 0.0184. The van der Waals surface area contributed by atoms with E-state index in [1.807, 2.05) is 0 Å². The highest BCUT2D eigenvalue weighted by molar-refractivity contribution is 6.32. The van der Waals surface area contributed by atoms with Gasteiger partial charge in [0.1, 0.15) is 5.70 Å². The normalized spacial score (nSPS) is 11.0. The van der Waals surface area contributed by atoms with Crippen molar-refractivity contribution in [3.8, 4) is 0 Å². The third-order valence-corrected chi connectivity index (χ3v) is 4.34. The predicted molar refractivity (Wildman–Crippen MR) is 111 cm³/mol. The van der Waals surface area contributed by atoms with Crippen LogP contribution in [0.15, 0.2) is 77.0 Å². The second-order valence-electron chi connectivity index (χ2n) is 6.10. The van der Waals surface area contributed by atoms with Crippen molar-refractivity contribution in [2.75, 3.05) is 5.32 Å². The van der Waals surface area contributed by atoms with Gasteiger partial charge in [0.15, 0.2) is 11.5 Å². The predicted octanol–water partition coefficient (Wildman–Crippen LogP) is 4.55. The van der Waals surface area contributed by atoms with Crippen LogP contribution >= 0.6 is 11.6 Å². The fourth-order valence-corrected chi connectivity index (χ4v) is 2.67. The number of carbonyl (C=O) groups excluding carboxylic acids is 3. The molecule has 1 aromatic heterocycles. The van der Waals surface area contributed by atoms with E-state index in [4.69, 9.17) is 16.0 Å². The van der Waals surface area contributed by atoms with Gasteiger partial charge in [0.2, 0.25) is 0 Å². The first-order chi connectivity index (χ1) is 13.9. The lowest BCUT2D eigenvalue weighted by molar-refractivity contribution is -0.113. The van der Waals surface area contributed by atoms with Gasteiger partial charge in [0.25, 0.3) is 11.8 Å². The first-order valence-electron chi connectivity index (χ1n) is 8.67. The average Bonchev–Trinajstić information content (AvgIpc) is 3.24. The molecular formula is C22H17ClN2O4. The molecule has 0 aliphatic rings. The minimum atomic E-state index is -0.574. The zero-order valence-electron chi connectivity index (χ0n) is 15.4. The van der Waals surface area contributed by atoms with Gasteiger partial charge >= 0.3 is 0 Å². The van der Waals surface area contributed by atoms with E-state index in [0.29, 0.717) is 21.8 Å². The summed E-state index contributed by atoms with van der Waals surface area (Å²) in [5, 5.41) is 5.67. The molecule has 0 bridgehead atoms. The van der Waals surface area contributed by atoms with Crippen LogP contribution in [0, 0.1) is 0 Å². The van der Waals surface area contributed by atoms with E-state index in [9.17, 15) is 14.4 Å². The maximum absolute atomic E-state index is 12.8. The van der Waals surface area contributed by atoms with Gasteiger partial charge in [-0.05, 0) is 61.0 Å². The largest absolute Gasteiger partial charge is 0.459 e. The number of rotatable bonds is 6. The molecule has 6 nitrogen and oxygen atoms in total. The van der Waals surface area contributed by atoms with Gasteiger partial charge in [0, 0.05) is 16.3 Å². The van der Waals surface area contributed by atoms with E-state index in [2.05, 4.69) is 10.6 Å². The summed E-state index contributed by atoms with van der Waals surface area (Å²) < 4.78 is 5.07. The van der Waals surface area contributed by atoms with Crippen molar-refractivity contribution in [2.45, 2.75) is 6.92 Å². The first kappa shape index (κ1) is 20.1. The van der Waals surface area contributed by atoms with Crippen molar-refractivity contribution >= 4 is 41.0 Å². The topological polar surface area (TPSA) is 88.4 Å². The van der Waals surface area contributed by atoms with Crippen LogP contribution in [0.4, 0.5) is 5.69 Å². The number of Topliss-reactive ketones (excluding diaryl/α,β-unsaturated/α-hetero) is 1. The first-order valence-corrected chi connectivity index (χ1v) is 9.05. The van der Waals surface area contributed by atoms with Gasteiger partial charge in [0.05, 0.1) is 6.26 Å². The Labute approximate surface area is 172 Å². The number of nitrogens with one attached hydrogen (secondary N) is 2. The van der Waals surface area contributed by atoms with Gasteiger partial charge in [-0.1, -0.05) is 29.8 Å². The molecule has 3 aromatic rings. The Hall–Kier alpha value is -3.64. The molecule has 0 saturated carbocycles. The molecule has 3 rings (SSSR count). The maximum Gasteiger partial charge on any atom is 0.291 e. The molecule has 0 spiro atoms. The van der Waals surface area contributed by atoms with Crippen molar-refractivity contribution in [3.63, 3.8) is 0 Å². The summed E-state index contributed by atoms with van der Waals surface area (Å²) in [7, 11) is 0. The summed E-state index contributed by atoms with van der Waals surface area (Å²) in [6.07, 6.45) is 2.84. The van der Waals surface area contributed by atoms with Crippen LogP contribution in [-0.2, 0) is 4.79 Å². The lowest BCUT2D eigenvalue weighted by Crippen LogP contribution is -2.30. The molecule has 0 unspecified atom stereocenters. The van der Waals surface area contributed by atoms with Crippen molar-refractivity contribution in [2.24, 2.45) is 0 Å². The molecule has 1 heterocycles. The molecular weight excluding hydrogens is 392 g/mol. The molecule has 0 aliphatic carbocycles. The Balaban J connectivity index is 1.87. The van der Waals surface area contributed by atoms with E-state index in [1.165, 1.54) is 25.3 Å². The van der Waals surface area contributed by atoms with Crippen molar-refractivity contribution in [1.82, 2.24) is 5.32 Å². The molecule has 0 radical (unpaired) electrons. The molecule has 0 aliphatic heterocycles. The quantitative estimate of drug-likeness (QED) is 0.462. The van der Waals surface area contributed by atoms with Crippen LogP contribution in [0.5, 0.6) is 0 Å². The molecule has 2 amide bonds. The summed E-state index contributed by atoms with van der Waals surface area (Å²) >= 11 is 6.18. The van der Waals surface area contributed by atoms with Gasteiger partial charge in [-0.15, -0.1) is 0 Å². The molecule has 2 N–H and O–H groups in total. The monoisotopic (exact) mass is 408 g/mol. The zero-order valence-corrected chi connectivity index (χ0v) is 16.2. The molecule has 0 saturated heterocycles. The van der Waals surface area contributed by atoms with Crippen LogP contribution < -0.4 is 10.6 Å². The Kier molecular flexibility index (Phi) is 6.26. The number of hydrogen-bond acceptors (Lipinski definition) is 4. The van der Waals surface area contributed by atoms with Gasteiger partial charge in [-0.3, -0.25) is 14.4 Å². The lowest BCUT2D eigenvalue weighted by Gasteiger charge is -2.11. The van der Waals surface area contributed by atoms with Crippen molar-refractivity contribution in [3.05, 3.63) is 94.5 Å². The molecule has 29 heavy (non-hydrogen) atoms. The lowest BCUT2D eigenvalue weighted by atomic mass is 10.1. The third kappa shape index (κ3) is 5.21. The van der Waals surface area contributed by atoms with Crippen LogP contribution in [0.1, 0.15) is 33.4 Å². The highest BCUT2D eigenvalue weighted by Crippen LogP contribution is 2.19. The molecule has 0 atom stereocenters. The fraction of sp³-hybridized carbons (Fsp3) is 0.0455. The summed E-state index contributed by atoms with van der Waals surface area (Å²) in [6.45, 7) is 1.46. The molecule has 7 heteroatoms. The number of amides is 2. The summed E-state index contributed by atoms with van der Waals surface area (Å²) in [6, 6.07) is 16.4. The smallest absolute Gasteiger partial charge is 0.291 e. The fourth-order valence-electron chi connectivity index (χ4n) is 2.48. The number of benzene rings is 2. The Morgan fingerprint density at radius 2 is 1.69 bits per heavy atom. The van der Waals surface area contributed by atoms with Crippen LogP contribution in [-0.4, -0.2) is 17.6 Å². The summed E-state index contributed by atoms with van der Waals surface area (Å²) in [5.74, 6) is -1.14. The van der Waals surface area contributed by atoms with Crippen LogP contribution in [0.2, 0.25) is 5.02 Å². The number of hydrogen-bond donors (Lipinski definition) is 2. The van der Waals surface area contributed by atoms with Crippen LogP contribution in [0.25, 0.3) is 6.08 Å². The summed E-state index contributed by atoms with van der Waals surface area (Å²) in [5.41, 5.74) is 1.54. The maximum atomic E-state index is 12.8. The van der Waals surface area contributed by atoms with E-state index >= 15 is 0 Å². The highest BCUT2D eigenvalue weighted by Gasteiger charge is 2.17. The van der Waals surface area contributed by atoms with Gasteiger partial charge in [-0.2, -0.15) is 0 Å². The third-order valence-electron chi connectivity index (χ3n) is 3.99. The summed E-state index contributed by atoms with van der Waals surface area (Å²) in [4.78, 5) is 36.6. The second kappa shape index (κ2) is 9.03. The number of ketones is 1. The van der Waals surface area contributed by atoms with Crippen molar-refractivity contribution < 1.29 is 18.8 Å². The highest BCUT2D eigenvalue weighted by atomic mass is 35.5. The molecule has 2 aromatic carbocycles. The van der Waals surface area contributed by atoms with Crippen LogP contribution in [0.3, 0.4) is 0 Å². The van der Waals surface area contributed by atoms with E-state index in [0.717, 1.165) is 0 Å². The second-order valence-corrected chi connectivity index (χ2v) is 6.51. The Bertz CT molecular complexity index is 1070. The molecule has 0 fully saturated rings.